The standard InChI is InChI=1S/C14H15FN3OS.ClH/c15-12-3-1-2-9-6-11(8-19-13(9)12)18-10(4-5-16)7-17-14(18)20;/h1-3,7,11H,4-6,8,16H2;1H/t11-;/m1./s1. The second-order valence-corrected chi connectivity index (χ2v) is 5.20. The van der Waals surface area contributed by atoms with Gasteiger partial charge in [0, 0.05) is 24.7 Å². The molecule has 0 bridgehead atoms. The Hall–Kier alpha value is -1.37. The Labute approximate surface area is 134 Å². The van der Waals surface area contributed by atoms with Crippen LogP contribution in [0.25, 0.3) is 0 Å². The molecule has 2 heterocycles. The van der Waals surface area contributed by atoms with Crippen LogP contribution in [0.4, 0.5) is 4.39 Å². The molecule has 0 aliphatic carbocycles. The molecule has 1 aromatic carbocycles. The Morgan fingerprint density at radius 1 is 1.48 bits per heavy atom. The van der Waals surface area contributed by atoms with E-state index in [1.54, 1.807) is 12.3 Å². The molecule has 4 nitrogen and oxygen atoms in total. The molecule has 3 rings (SSSR count). The Kier molecular flexibility index (Phi) is 5.03. The molecule has 1 atom stereocenters. The summed E-state index contributed by atoms with van der Waals surface area (Å²) in [5.41, 5.74) is 7.48. The number of nitrogens with zero attached hydrogens (tertiary/aromatic N) is 2. The first-order valence-corrected chi connectivity index (χ1v) is 6.95. The second kappa shape index (κ2) is 6.60. The van der Waals surface area contributed by atoms with Crippen molar-refractivity contribution in [1.82, 2.24) is 10.2 Å². The summed E-state index contributed by atoms with van der Waals surface area (Å²) >= 11 is 5.27. The topological polar surface area (TPSA) is 52.6 Å². The first kappa shape index (κ1) is 16.0. The molecule has 0 aromatic heterocycles. The number of para-hydroxylation sites is 1. The lowest BCUT2D eigenvalue weighted by molar-refractivity contribution is 0.189. The van der Waals surface area contributed by atoms with Crippen molar-refractivity contribution >= 4 is 29.7 Å². The zero-order valence-electron chi connectivity index (χ0n) is 11.3. The maximum Gasteiger partial charge on any atom is 0.200 e. The molecule has 2 N–H and O–H groups in total. The minimum atomic E-state index is -0.313. The van der Waals surface area contributed by atoms with Crippen LogP contribution in [0.3, 0.4) is 0 Å². The monoisotopic (exact) mass is 328 g/mol. The van der Waals surface area contributed by atoms with Crippen molar-refractivity contribution < 1.29 is 9.13 Å². The van der Waals surface area contributed by atoms with Crippen LogP contribution in [-0.2, 0) is 6.42 Å². The lowest BCUT2D eigenvalue weighted by Crippen LogP contribution is -2.44. The van der Waals surface area contributed by atoms with Gasteiger partial charge in [0.2, 0.25) is 0 Å². The second-order valence-electron chi connectivity index (χ2n) is 4.84. The fraction of sp³-hybridized carbons (Fsp3) is 0.357. The third-order valence-corrected chi connectivity index (χ3v) is 3.83. The fourth-order valence-electron chi connectivity index (χ4n) is 2.63. The molecule has 1 aromatic rings. The van der Waals surface area contributed by atoms with Gasteiger partial charge < -0.3 is 15.4 Å². The van der Waals surface area contributed by atoms with Gasteiger partial charge in [0.1, 0.15) is 6.61 Å². The van der Waals surface area contributed by atoms with Crippen LogP contribution in [-0.4, -0.2) is 29.2 Å². The third kappa shape index (κ3) is 2.97. The van der Waals surface area contributed by atoms with Crippen molar-refractivity contribution in [1.29, 1.82) is 0 Å². The molecule has 2 aliphatic heterocycles. The number of rotatable bonds is 3. The molecule has 113 valence electrons. The van der Waals surface area contributed by atoms with Gasteiger partial charge in [0.15, 0.2) is 16.7 Å². The Balaban J connectivity index is 0.00000161. The Bertz CT molecular complexity index is 581. The number of nitrogens with two attached hydrogens (primary N) is 1. The number of hydrogen-bond donors (Lipinski definition) is 1. The minimum Gasteiger partial charge on any atom is -0.488 e. The number of benzene rings is 1. The van der Waals surface area contributed by atoms with Gasteiger partial charge in [-0.25, -0.2) is 9.71 Å². The van der Waals surface area contributed by atoms with E-state index >= 15 is 0 Å². The van der Waals surface area contributed by atoms with E-state index in [9.17, 15) is 4.39 Å². The maximum atomic E-state index is 13.6. The van der Waals surface area contributed by atoms with Crippen LogP contribution < -0.4 is 15.8 Å². The molecule has 0 saturated carbocycles. The lowest BCUT2D eigenvalue weighted by atomic mass is 10.0. The first-order valence-electron chi connectivity index (χ1n) is 6.54. The molecule has 0 unspecified atom stereocenters. The van der Waals surface area contributed by atoms with Crippen LogP contribution in [0.1, 0.15) is 12.0 Å². The van der Waals surface area contributed by atoms with Crippen LogP contribution in [0.5, 0.6) is 5.75 Å². The van der Waals surface area contributed by atoms with Crippen LogP contribution in [0, 0.1) is 5.82 Å². The highest BCUT2D eigenvalue weighted by atomic mass is 35.5. The number of halogens is 2. The van der Waals surface area contributed by atoms with E-state index in [-0.39, 0.29) is 24.3 Å². The largest absolute Gasteiger partial charge is 0.488 e. The molecular formula is C14H16ClFN3OS. The number of ether oxygens (including phenoxy) is 1. The van der Waals surface area contributed by atoms with Crippen molar-refractivity contribution in [3.63, 3.8) is 0 Å². The van der Waals surface area contributed by atoms with Gasteiger partial charge >= 0.3 is 0 Å². The summed E-state index contributed by atoms with van der Waals surface area (Å²) in [6.45, 7) is 0.935. The minimum absolute atomic E-state index is 0. The lowest BCUT2D eigenvalue weighted by Gasteiger charge is -2.34. The highest BCUT2D eigenvalue weighted by Gasteiger charge is 2.33. The van der Waals surface area contributed by atoms with Crippen LogP contribution >= 0.6 is 24.6 Å². The molecule has 0 spiro atoms. The van der Waals surface area contributed by atoms with Crippen molar-refractivity contribution in [3.05, 3.63) is 41.5 Å². The summed E-state index contributed by atoms with van der Waals surface area (Å²) in [7, 11) is 0. The van der Waals surface area contributed by atoms with E-state index in [1.807, 2.05) is 11.0 Å². The summed E-state index contributed by atoms with van der Waals surface area (Å²) in [5.74, 6) is 0.0440. The molecule has 0 amide bonds. The predicted molar refractivity (Wildman–Crippen MR) is 85.0 cm³/mol. The molecule has 0 fully saturated rings. The first-order chi connectivity index (χ1) is 9.70. The van der Waals surface area contributed by atoms with E-state index in [0.717, 1.165) is 17.7 Å². The maximum absolute atomic E-state index is 13.6. The molecule has 7 heteroatoms. The number of fused-ring (bicyclic) bond motifs is 1. The number of thiocarbonyl (C=S) groups is 1. The zero-order valence-corrected chi connectivity index (χ0v) is 12.9. The zero-order chi connectivity index (χ0) is 14.1. The summed E-state index contributed by atoms with van der Waals surface area (Å²) in [6.07, 6.45) is 3.16. The van der Waals surface area contributed by atoms with Gasteiger partial charge in [-0.2, -0.15) is 0 Å². The Morgan fingerprint density at radius 2 is 2.29 bits per heavy atom. The SMILES string of the molecule is Cl.NCCC1=C[N]C(=S)N1[C@H]1COc2c(F)cccc2C1. The fourth-order valence-corrected chi connectivity index (χ4v) is 2.95. The molecule has 0 saturated heterocycles. The third-order valence-electron chi connectivity index (χ3n) is 3.53. The normalized spacial score (nSPS) is 20.1. The van der Waals surface area contributed by atoms with Crippen molar-refractivity contribution in [2.75, 3.05) is 13.2 Å². The predicted octanol–water partition coefficient (Wildman–Crippen LogP) is 1.95. The molecule has 21 heavy (non-hydrogen) atoms. The van der Waals surface area contributed by atoms with E-state index in [4.69, 9.17) is 22.7 Å². The van der Waals surface area contributed by atoms with E-state index in [0.29, 0.717) is 30.4 Å². The van der Waals surface area contributed by atoms with E-state index in [1.165, 1.54) is 6.07 Å². The van der Waals surface area contributed by atoms with Gasteiger partial charge in [0.05, 0.1) is 6.04 Å². The summed E-state index contributed by atoms with van der Waals surface area (Å²) < 4.78 is 19.2. The van der Waals surface area contributed by atoms with Gasteiger partial charge in [-0.3, -0.25) is 0 Å². The van der Waals surface area contributed by atoms with E-state index in [2.05, 4.69) is 5.32 Å². The van der Waals surface area contributed by atoms with Crippen LogP contribution in [0.15, 0.2) is 30.1 Å². The number of hydrogen-bond acceptors (Lipinski definition) is 3. The summed E-state index contributed by atoms with van der Waals surface area (Å²) in [5, 5.41) is 4.71. The smallest absolute Gasteiger partial charge is 0.200 e. The highest BCUT2D eigenvalue weighted by molar-refractivity contribution is 7.80. The van der Waals surface area contributed by atoms with Gasteiger partial charge in [-0.15, -0.1) is 12.4 Å². The molecule has 1 radical (unpaired) electrons. The van der Waals surface area contributed by atoms with Gasteiger partial charge in [-0.05, 0) is 30.4 Å². The highest BCUT2D eigenvalue weighted by Crippen LogP contribution is 2.31. The van der Waals surface area contributed by atoms with Crippen molar-refractivity contribution in [2.24, 2.45) is 5.73 Å². The quantitative estimate of drug-likeness (QED) is 0.862. The van der Waals surface area contributed by atoms with E-state index < -0.39 is 0 Å². The molecular weight excluding hydrogens is 313 g/mol. The van der Waals surface area contributed by atoms with Gasteiger partial charge in [-0.1, -0.05) is 12.1 Å². The van der Waals surface area contributed by atoms with Crippen molar-refractivity contribution in [3.8, 4) is 5.75 Å². The average Bonchev–Trinajstić information content (AvgIpc) is 2.80. The Morgan fingerprint density at radius 3 is 3.05 bits per heavy atom. The van der Waals surface area contributed by atoms with Crippen molar-refractivity contribution in [2.45, 2.75) is 18.9 Å². The van der Waals surface area contributed by atoms with Gasteiger partial charge in [0.25, 0.3) is 0 Å². The molecule has 2 aliphatic rings. The summed E-state index contributed by atoms with van der Waals surface area (Å²) in [4.78, 5) is 1.98. The average molecular weight is 329 g/mol. The van der Waals surface area contributed by atoms with Crippen LogP contribution in [0.2, 0.25) is 0 Å². The summed E-state index contributed by atoms with van der Waals surface area (Å²) in [6, 6.07) is 5.03.